The molecule has 1 aromatic rings. The molecule has 4 nitrogen and oxygen atoms in total. The van der Waals surface area contributed by atoms with Gasteiger partial charge in [-0.05, 0) is 63.2 Å². The summed E-state index contributed by atoms with van der Waals surface area (Å²) in [5, 5.41) is 0. The number of aryl methyl sites for hydroxylation is 1. The second kappa shape index (κ2) is 7.67. The summed E-state index contributed by atoms with van der Waals surface area (Å²) in [5.74, 6) is 0.577. The fraction of sp³-hybridized carbons (Fsp3) is 0.750. The first kappa shape index (κ1) is 17.3. The lowest BCUT2D eigenvalue weighted by atomic mass is 9.86. The highest BCUT2D eigenvalue weighted by molar-refractivity contribution is 7.11. The van der Waals surface area contributed by atoms with Crippen LogP contribution in [0.2, 0.25) is 0 Å². The Kier molecular flexibility index (Phi) is 5.32. The van der Waals surface area contributed by atoms with Gasteiger partial charge in [0, 0.05) is 22.3 Å². The predicted octanol–water partition coefficient (Wildman–Crippen LogP) is 4.29. The van der Waals surface area contributed by atoms with Gasteiger partial charge in [-0.3, -0.25) is 4.90 Å². The Hall–Kier alpha value is -1.07. The van der Waals surface area contributed by atoms with Crippen LogP contribution in [-0.2, 0) is 17.7 Å². The highest BCUT2D eigenvalue weighted by Gasteiger charge is 2.38. The molecule has 1 amide bonds. The van der Waals surface area contributed by atoms with E-state index in [0.29, 0.717) is 12.0 Å². The predicted molar refractivity (Wildman–Crippen MR) is 101 cm³/mol. The Morgan fingerprint density at radius 1 is 1.20 bits per heavy atom. The number of hydrogen-bond donors (Lipinski definition) is 0. The molecule has 1 atom stereocenters. The molecule has 0 N–H and O–H groups in total. The van der Waals surface area contributed by atoms with E-state index in [0.717, 1.165) is 32.4 Å². The normalized spacial score (nSPS) is 29.1. The van der Waals surface area contributed by atoms with Crippen molar-refractivity contribution >= 4 is 17.4 Å². The average molecular weight is 363 g/mol. The molecule has 5 rings (SSSR count). The first-order chi connectivity index (χ1) is 12.2. The molecule has 0 unspecified atom stereocenters. The van der Waals surface area contributed by atoms with Gasteiger partial charge in [-0.15, -0.1) is 11.3 Å². The summed E-state index contributed by atoms with van der Waals surface area (Å²) >= 11 is 1.84. The molecule has 3 aliphatic heterocycles. The van der Waals surface area contributed by atoms with Crippen LogP contribution >= 0.6 is 11.3 Å². The van der Waals surface area contributed by atoms with Crippen LogP contribution < -0.4 is 0 Å². The minimum Gasteiger partial charge on any atom is -0.444 e. The van der Waals surface area contributed by atoms with Crippen LogP contribution in [0.15, 0.2) is 12.1 Å². The Labute approximate surface area is 155 Å². The van der Waals surface area contributed by atoms with E-state index < -0.39 is 0 Å². The fourth-order valence-corrected chi connectivity index (χ4v) is 5.62. The van der Waals surface area contributed by atoms with Gasteiger partial charge in [-0.1, -0.05) is 19.8 Å². The minimum atomic E-state index is -0.0721. The highest BCUT2D eigenvalue weighted by Crippen LogP contribution is 2.32. The van der Waals surface area contributed by atoms with Gasteiger partial charge in [0.25, 0.3) is 0 Å². The van der Waals surface area contributed by atoms with Gasteiger partial charge in [0.15, 0.2) is 0 Å². The number of carbonyl (C=O) groups is 1. The third-order valence-electron chi connectivity index (χ3n) is 6.24. The Morgan fingerprint density at radius 2 is 1.92 bits per heavy atom. The Balaban J connectivity index is 1.44. The molecule has 25 heavy (non-hydrogen) atoms. The van der Waals surface area contributed by atoms with Crippen molar-refractivity contribution in [2.75, 3.05) is 19.6 Å². The number of thiophene rings is 1. The molecule has 4 heterocycles. The molecule has 1 aliphatic carbocycles. The standard InChI is InChI=1S/C20H30N2O2S/c1-2-17-7-8-18(25-17)13-22(16-5-3-4-6-16)20(23)24-19-14-21-11-9-15(19)10-12-21/h7-8,15-16,19H,2-6,9-14H2,1H3/t19-/m0/s1. The molecule has 4 aliphatic rings. The van der Waals surface area contributed by atoms with Crippen molar-refractivity contribution in [1.29, 1.82) is 0 Å². The van der Waals surface area contributed by atoms with Gasteiger partial charge in [-0.2, -0.15) is 0 Å². The minimum absolute atomic E-state index is 0.0721. The number of piperidine rings is 3. The van der Waals surface area contributed by atoms with Crippen molar-refractivity contribution in [3.63, 3.8) is 0 Å². The molecule has 138 valence electrons. The topological polar surface area (TPSA) is 32.8 Å². The third-order valence-corrected chi connectivity index (χ3v) is 7.45. The first-order valence-electron chi connectivity index (χ1n) is 10.00. The number of hydrogen-bond acceptors (Lipinski definition) is 4. The molecular weight excluding hydrogens is 332 g/mol. The van der Waals surface area contributed by atoms with E-state index >= 15 is 0 Å². The summed E-state index contributed by atoms with van der Waals surface area (Å²) in [4.78, 5) is 20.2. The Morgan fingerprint density at radius 3 is 2.52 bits per heavy atom. The van der Waals surface area contributed by atoms with Gasteiger partial charge in [0.2, 0.25) is 0 Å². The van der Waals surface area contributed by atoms with Crippen LogP contribution in [-0.4, -0.2) is 47.7 Å². The molecular formula is C20H30N2O2S. The van der Waals surface area contributed by atoms with Crippen LogP contribution in [0.4, 0.5) is 4.79 Å². The maximum Gasteiger partial charge on any atom is 0.410 e. The molecule has 1 saturated carbocycles. The number of carbonyl (C=O) groups excluding carboxylic acids is 1. The lowest BCUT2D eigenvalue weighted by Gasteiger charge is -2.44. The van der Waals surface area contributed by atoms with Crippen LogP contribution in [0.25, 0.3) is 0 Å². The van der Waals surface area contributed by atoms with E-state index in [9.17, 15) is 4.79 Å². The van der Waals surface area contributed by atoms with Crippen LogP contribution in [0.3, 0.4) is 0 Å². The van der Waals surface area contributed by atoms with Gasteiger partial charge >= 0.3 is 6.09 Å². The second-order valence-electron chi connectivity index (χ2n) is 7.85. The van der Waals surface area contributed by atoms with Crippen molar-refractivity contribution in [1.82, 2.24) is 9.80 Å². The fourth-order valence-electron chi connectivity index (χ4n) is 4.67. The van der Waals surface area contributed by atoms with Crippen LogP contribution in [0.5, 0.6) is 0 Å². The smallest absolute Gasteiger partial charge is 0.410 e. The maximum atomic E-state index is 13.0. The summed E-state index contributed by atoms with van der Waals surface area (Å²) in [5.41, 5.74) is 0. The van der Waals surface area contributed by atoms with E-state index in [-0.39, 0.29) is 12.2 Å². The largest absolute Gasteiger partial charge is 0.444 e. The van der Waals surface area contributed by atoms with E-state index in [4.69, 9.17) is 4.74 Å². The van der Waals surface area contributed by atoms with E-state index in [1.807, 2.05) is 16.2 Å². The summed E-state index contributed by atoms with van der Waals surface area (Å²) in [6.45, 7) is 6.20. The van der Waals surface area contributed by atoms with Gasteiger partial charge in [-0.25, -0.2) is 4.79 Å². The van der Waals surface area contributed by atoms with Crippen molar-refractivity contribution < 1.29 is 9.53 Å². The van der Waals surface area contributed by atoms with Crippen LogP contribution in [0.1, 0.15) is 55.2 Å². The number of amides is 1. The lowest BCUT2D eigenvalue weighted by molar-refractivity contribution is -0.0474. The van der Waals surface area contributed by atoms with Crippen molar-refractivity contribution in [3.8, 4) is 0 Å². The molecule has 0 radical (unpaired) electrons. The highest BCUT2D eigenvalue weighted by atomic mass is 32.1. The Bertz CT molecular complexity index is 588. The second-order valence-corrected chi connectivity index (χ2v) is 9.10. The monoisotopic (exact) mass is 362 g/mol. The molecule has 1 aromatic heterocycles. The molecule has 0 aromatic carbocycles. The van der Waals surface area contributed by atoms with E-state index in [1.54, 1.807) is 0 Å². The van der Waals surface area contributed by atoms with Gasteiger partial charge in [0.05, 0.1) is 6.54 Å². The van der Waals surface area contributed by atoms with Crippen molar-refractivity contribution in [3.05, 3.63) is 21.9 Å². The summed E-state index contributed by atoms with van der Waals surface area (Å²) in [6.07, 6.45) is 8.20. The lowest BCUT2D eigenvalue weighted by Crippen LogP contribution is -2.53. The van der Waals surface area contributed by atoms with Gasteiger partial charge < -0.3 is 9.64 Å². The van der Waals surface area contributed by atoms with E-state index in [1.165, 1.54) is 48.5 Å². The summed E-state index contributed by atoms with van der Waals surface area (Å²) in [7, 11) is 0. The van der Waals surface area contributed by atoms with E-state index in [2.05, 4.69) is 24.0 Å². The molecule has 3 saturated heterocycles. The SMILES string of the molecule is CCc1ccc(CN(C(=O)O[C@H]2CN3CCC2CC3)C2CCCC2)s1. The summed E-state index contributed by atoms with van der Waals surface area (Å²) in [6, 6.07) is 4.75. The quantitative estimate of drug-likeness (QED) is 0.783. The van der Waals surface area contributed by atoms with Crippen LogP contribution in [0, 0.1) is 5.92 Å². The number of nitrogens with zero attached hydrogens (tertiary/aromatic N) is 2. The third kappa shape index (κ3) is 3.87. The zero-order valence-corrected chi connectivity index (χ0v) is 16.1. The van der Waals surface area contributed by atoms with Crippen molar-refractivity contribution in [2.24, 2.45) is 5.92 Å². The molecule has 5 heteroatoms. The summed E-state index contributed by atoms with van der Waals surface area (Å²) < 4.78 is 6.06. The number of rotatable bonds is 5. The zero-order valence-electron chi connectivity index (χ0n) is 15.3. The van der Waals surface area contributed by atoms with Crippen molar-refractivity contribution in [2.45, 2.75) is 70.6 Å². The number of fused-ring (bicyclic) bond motifs is 3. The molecule has 0 spiro atoms. The molecule has 2 bridgehead atoms. The maximum absolute atomic E-state index is 13.0. The molecule has 4 fully saturated rings. The zero-order chi connectivity index (χ0) is 17.2. The number of ether oxygens (including phenoxy) is 1. The first-order valence-corrected chi connectivity index (χ1v) is 10.8. The average Bonchev–Trinajstić information content (AvgIpc) is 3.32. The van der Waals surface area contributed by atoms with Gasteiger partial charge in [0.1, 0.15) is 6.10 Å².